The monoisotopic (exact) mass is 382 g/mol. The third-order valence-electron chi connectivity index (χ3n) is 4.01. The third kappa shape index (κ3) is 4.42. The SMILES string of the molecule is CC(Oc1ccc(Cl)c(Cl)c1)c1nc(N)nc(N2CCN(C)CC2)n1. The highest BCUT2D eigenvalue weighted by Crippen LogP contribution is 2.29. The summed E-state index contributed by atoms with van der Waals surface area (Å²) in [5, 5.41) is 0.906. The molecule has 1 aliphatic rings. The number of ether oxygens (including phenoxy) is 1. The van der Waals surface area contributed by atoms with Gasteiger partial charge < -0.3 is 20.3 Å². The first kappa shape index (κ1) is 18.0. The predicted molar refractivity (Wildman–Crippen MR) is 99.5 cm³/mol. The summed E-state index contributed by atoms with van der Waals surface area (Å²) in [6.45, 7) is 5.46. The molecule has 1 saturated heterocycles. The summed E-state index contributed by atoms with van der Waals surface area (Å²) in [7, 11) is 2.09. The predicted octanol–water partition coefficient (Wildman–Crippen LogP) is 2.65. The fourth-order valence-corrected chi connectivity index (χ4v) is 2.82. The van der Waals surface area contributed by atoms with Crippen LogP contribution in [-0.2, 0) is 0 Å². The maximum absolute atomic E-state index is 6.02. The molecule has 7 nitrogen and oxygen atoms in total. The molecule has 0 bridgehead atoms. The second-order valence-electron chi connectivity index (χ2n) is 5.98. The van der Waals surface area contributed by atoms with Crippen LogP contribution in [-0.4, -0.2) is 53.1 Å². The van der Waals surface area contributed by atoms with Gasteiger partial charge in [-0.15, -0.1) is 0 Å². The first-order valence-electron chi connectivity index (χ1n) is 7.99. The van der Waals surface area contributed by atoms with Crippen LogP contribution in [0.25, 0.3) is 0 Å². The molecule has 0 aliphatic carbocycles. The molecular formula is C16H20Cl2N6O. The quantitative estimate of drug-likeness (QED) is 0.869. The van der Waals surface area contributed by atoms with Gasteiger partial charge in [0.25, 0.3) is 0 Å². The molecule has 9 heteroatoms. The highest BCUT2D eigenvalue weighted by molar-refractivity contribution is 6.42. The van der Waals surface area contributed by atoms with Gasteiger partial charge in [-0.3, -0.25) is 0 Å². The molecule has 1 aromatic carbocycles. The Morgan fingerprint density at radius 2 is 1.80 bits per heavy atom. The van der Waals surface area contributed by atoms with Crippen LogP contribution in [0.2, 0.25) is 10.0 Å². The van der Waals surface area contributed by atoms with E-state index in [0.29, 0.717) is 27.6 Å². The van der Waals surface area contributed by atoms with Crippen LogP contribution in [0.15, 0.2) is 18.2 Å². The van der Waals surface area contributed by atoms with Gasteiger partial charge >= 0.3 is 0 Å². The number of nitrogens with two attached hydrogens (primary N) is 1. The summed E-state index contributed by atoms with van der Waals surface area (Å²) in [5.41, 5.74) is 5.88. The van der Waals surface area contributed by atoms with Gasteiger partial charge in [-0.05, 0) is 26.1 Å². The maximum Gasteiger partial charge on any atom is 0.230 e. The number of anilines is 2. The zero-order chi connectivity index (χ0) is 18.0. The van der Waals surface area contributed by atoms with Crippen LogP contribution < -0.4 is 15.4 Å². The first-order chi connectivity index (χ1) is 11.9. The highest BCUT2D eigenvalue weighted by Gasteiger charge is 2.20. The number of benzene rings is 1. The lowest BCUT2D eigenvalue weighted by Crippen LogP contribution is -2.45. The number of piperazine rings is 1. The van der Waals surface area contributed by atoms with Crippen LogP contribution >= 0.6 is 23.2 Å². The molecule has 2 heterocycles. The summed E-state index contributed by atoms with van der Waals surface area (Å²) in [5.74, 6) is 1.83. The van der Waals surface area contributed by atoms with Gasteiger partial charge in [0.2, 0.25) is 11.9 Å². The number of nitrogens with zero attached hydrogens (tertiary/aromatic N) is 5. The number of hydrogen-bond donors (Lipinski definition) is 1. The maximum atomic E-state index is 6.02. The van der Waals surface area contributed by atoms with E-state index >= 15 is 0 Å². The summed E-state index contributed by atoms with van der Waals surface area (Å²) in [4.78, 5) is 17.4. The summed E-state index contributed by atoms with van der Waals surface area (Å²) < 4.78 is 5.87. The number of rotatable bonds is 4. The highest BCUT2D eigenvalue weighted by atomic mass is 35.5. The Morgan fingerprint density at radius 3 is 2.48 bits per heavy atom. The van der Waals surface area contributed by atoms with Crippen LogP contribution in [0, 0.1) is 0 Å². The molecule has 0 spiro atoms. The molecule has 2 N–H and O–H groups in total. The van der Waals surface area contributed by atoms with Gasteiger partial charge in [-0.25, -0.2) is 0 Å². The summed E-state index contributed by atoms with van der Waals surface area (Å²) in [6, 6.07) is 5.09. The van der Waals surface area contributed by atoms with Crippen molar-refractivity contribution < 1.29 is 4.74 Å². The number of hydrogen-bond acceptors (Lipinski definition) is 7. The van der Waals surface area contributed by atoms with Gasteiger partial charge in [0, 0.05) is 32.2 Å². The normalized spacial score (nSPS) is 16.7. The van der Waals surface area contributed by atoms with E-state index in [0.717, 1.165) is 26.2 Å². The smallest absolute Gasteiger partial charge is 0.230 e. The van der Waals surface area contributed by atoms with Crippen molar-refractivity contribution in [3.63, 3.8) is 0 Å². The third-order valence-corrected chi connectivity index (χ3v) is 4.75. The van der Waals surface area contributed by atoms with E-state index in [2.05, 4.69) is 31.8 Å². The number of aromatic nitrogens is 3. The van der Waals surface area contributed by atoms with E-state index < -0.39 is 6.10 Å². The van der Waals surface area contributed by atoms with Crippen molar-refractivity contribution >= 4 is 35.1 Å². The Kier molecular flexibility index (Phi) is 5.46. The number of nitrogen functional groups attached to an aromatic ring is 1. The summed E-state index contributed by atoms with van der Waals surface area (Å²) in [6.07, 6.45) is -0.409. The van der Waals surface area contributed by atoms with Crippen molar-refractivity contribution in [1.29, 1.82) is 0 Å². The minimum atomic E-state index is -0.409. The Morgan fingerprint density at radius 1 is 1.08 bits per heavy atom. The number of likely N-dealkylation sites (N-methyl/N-ethyl adjacent to an activating group) is 1. The molecular weight excluding hydrogens is 363 g/mol. The Balaban J connectivity index is 1.77. The molecule has 1 fully saturated rings. The summed E-state index contributed by atoms with van der Waals surface area (Å²) >= 11 is 11.9. The second kappa shape index (κ2) is 7.59. The van der Waals surface area contributed by atoms with E-state index in [1.165, 1.54) is 0 Å². The van der Waals surface area contributed by atoms with Crippen LogP contribution in [0.5, 0.6) is 5.75 Å². The average Bonchev–Trinajstić information content (AvgIpc) is 2.58. The molecule has 1 aliphatic heterocycles. The number of halogens is 2. The minimum absolute atomic E-state index is 0.184. The molecule has 1 atom stereocenters. The molecule has 0 saturated carbocycles. The average molecular weight is 383 g/mol. The van der Waals surface area contributed by atoms with E-state index in [-0.39, 0.29) is 5.95 Å². The molecule has 0 radical (unpaired) electrons. The van der Waals surface area contributed by atoms with Gasteiger partial charge in [0.1, 0.15) is 5.75 Å². The van der Waals surface area contributed by atoms with Crippen molar-refractivity contribution in [3.05, 3.63) is 34.1 Å². The van der Waals surface area contributed by atoms with Crippen LogP contribution in [0.4, 0.5) is 11.9 Å². The molecule has 25 heavy (non-hydrogen) atoms. The zero-order valence-electron chi connectivity index (χ0n) is 14.1. The topological polar surface area (TPSA) is 80.4 Å². The van der Waals surface area contributed by atoms with Gasteiger partial charge in [-0.2, -0.15) is 15.0 Å². The zero-order valence-corrected chi connectivity index (χ0v) is 15.6. The van der Waals surface area contributed by atoms with E-state index in [1.807, 2.05) is 6.92 Å². The largest absolute Gasteiger partial charge is 0.483 e. The Bertz CT molecular complexity index is 751. The van der Waals surface area contributed by atoms with Crippen molar-refractivity contribution in [1.82, 2.24) is 19.9 Å². The Labute approximate surface area is 156 Å². The van der Waals surface area contributed by atoms with E-state index in [4.69, 9.17) is 33.7 Å². The van der Waals surface area contributed by atoms with Crippen molar-refractivity contribution in [2.24, 2.45) is 0 Å². The second-order valence-corrected chi connectivity index (χ2v) is 6.79. The molecule has 1 unspecified atom stereocenters. The molecule has 3 rings (SSSR count). The van der Waals surface area contributed by atoms with Gasteiger partial charge in [0.15, 0.2) is 11.9 Å². The fraction of sp³-hybridized carbons (Fsp3) is 0.438. The lowest BCUT2D eigenvalue weighted by molar-refractivity contribution is 0.216. The first-order valence-corrected chi connectivity index (χ1v) is 8.74. The van der Waals surface area contributed by atoms with E-state index in [9.17, 15) is 0 Å². The van der Waals surface area contributed by atoms with E-state index in [1.54, 1.807) is 18.2 Å². The van der Waals surface area contributed by atoms with Crippen molar-refractivity contribution in [3.8, 4) is 5.75 Å². The fourth-order valence-electron chi connectivity index (χ4n) is 2.53. The minimum Gasteiger partial charge on any atom is -0.483 e. The van der Waals surface area contributed by atoms with Gasteiger partial charge in [0.05, 0.1) is 10.0 Å². The van der Waals surface area contributed by atoms with Crippen molar-refractivity contribution in [2.75, 3.05) is 43.9 Å². The van der Waals surface area contributed by atoms with Crippen molar-refractivity contribution in [2.45, 2.75) is 13.0 Å². The van der Waals surface area contributed by atoms with Crippen LogP contribution in [0.1, 0.15) is 18.9 Å². The lowest BCUT2D eigenvalue weighted by Gasteiger charge is -2.32. The Hall–Kier alpha value is -1.83. The van der Waals surface area contributed by atoms with Crippen LogP contribution in [0.3, 0.4) is 0 Å². The molecule has 134 valence electrons. The molecule has 0 amide bonds. The standard InChI is InChI=1S/C16H20Cl2N6O/c1-10(25-11-3-4-12(17)13(18)9-11)14-20-15(19)22-16(21-14)24-7-5-23(2)6-8-24/h3-4,9-10H,5-8H2,1-2H3,(H2,19,20,21,22). The molecule has 2 aromatic rings. The van der Waals surface area contributed by atoms with Gasteiger partial charge in [-0.1, -0.05) is 23.2 Å². The molecule has 1 aromatic heterocycles. The lowest BCUT2D eigenvalue weighted by atomic mass is 10.3.